The summed E-state index contributed by atoms with van der Waals surface area (Å²) in [6.45, 7) is 0.273. The first kappa shape index (κ1) is 20.0. The zero-order valence-electron chi connectivity index (χ0n) is 17.3. The van der Waals surface area contributed by atoms with E-state index in [4.69, 9.17) is 13.9 Å². The monoisotopic (exact) mass is 459 g/mol. The van der Waals surface area contributed by atoms with Gasteiger partial charge in [-0.05, 0) is 18.2 Å². The van der Waals surface area contributed by atoms with Gasteiger partial charge in [0.15, 0.2) is 0 Å². The number of nitrogens with one attached hydrogen (secondary N) is 1. The Morgan fingerprint density at radius 3 is 2.79 bits per heavy atom. The van der Waals surface area contributed by atoms with Crippen molar-refractivity contribution in [2.45, 2.75) is 23.9 Å². The quantitative estimate of drug-likeness (QED) is 0.313. The summed E-state index contributed by atoms with van der Waals surface area (Å²) in [6, 6.07) is 20.5. The van der Waals surface area contributed by atoms with Crippen molar-refractivity contribution < 1.29 is 18.3 Å². The average molecular weight is 460 g/mol. The summed E-state index contributed by atoms with van der Waals surface area (Å²) in [6.07, 6.45) is 1.32. The molecule has 0 amide bonds. The smallest absolute Gasteiger partial charge is 0.277 e. The number of para-hydroxylation sites is 1. The van der Waals surface area contributed by atoms with Crippen molar-refractivity contribution in [1.82, 2.24) is 15.2 Å². The van der Waals surface area contributed by atoms with Crippen LogP contribution in [0, 0.1) is 5.82 Å². The molecule has 0 saturated heterocycles. The minimum absolute atomic E-state index is 0.273. The molecule has 0 bridgehead atoms. The summed E-state index contributed by atoms with van der Waals surface area (Å²) in [5, 5.41) is 9.77. The molecule has 1 atom stereocenters. The molecule has 0 unspecified atom stereocenters. The molecule has 0 spiro atoms. The highest BCUT2D eigenvalue weighted by Crippen LogP contribution is 2.39. The van der Waals surface area contributed by atoms with Crippen molar-refractivity contribution in [1.29, 1.82) is 0 Å². The number of fused-ring (bicyclic) bond motifs is 2. The Morgan fingerprint density at radius 1 is 1.03 bits per heavy atom. The molecule has 1 N–H and O–H groups in total. The molecule has 0 radical (unpaired) electrons. The lowest BCUT2D eigenvalue weighted by molar-refractivity contribution is -0.112. The lowest BCUT2D eigenvalue weighted by Gasteiger charge is -2.28. The van der Waals surface area contributed by atoms with E-state index in [9.17, 15) is 4.39 Å². The molecule has 0 fully saturated rings. The number of aromatic nitrogens is 3. The summed E-state index contributed by atoms with van der Waals surface area (Å²) in [5.74, 6) is 1.15. The normalized spacial score (nSPS) is 15.4. The van der Waals surface area contributed by atoms with Crippen molar-refractivity contribution in [3.63, 3.8) is 0 Å². The van der Waals surface area contributed by atoms with Crippen molar-refractivity contribution in [2.75, 3.05) is 0 Å². The number of H-pyrrole nitrogens is 1. The van der Waals surface area contributed by atoms with E-state index in [1.54, 1.807) is 0 Å². The van der Waals surface area contributed by atoms with Crippen LogP contribution in [0.2, 0.25) is 0 Å². The molecule has 3 aromatic carbocycles. The number of aromatic amines is 1. The fraction of sp³-hybridized carbons (Fsp3) is 0.120. The number of hydrogen-bond donors (Lipinski definition) is 1. The summed E-state index contributed by atoms with van der Waals surface area (Å²) in [7, 11) is 0. The molecule has 6 nitrogen and oxygen atoms in total. The summed E-state index contributed by atoms with van der Waals surface area (Å²) < 4.78 is 32.1. The van der Waals surface area contributed by atoms with Gasteiger partial charge >= 0.3 is 0 Å². The van der Waals surface area contributed by atoms with Gasteiger partial charge in [0.2, 0.25) is 6.29 Å². The molecular weight excluding hydrogens is 441 g/mol. The van der Waals surface area contributed by atoms with Gasteiger partial charge in [-0.25, -0.2) is 4.39 Å². The Hall–Kier alpha value is -3.62. The maximum Gasteiger partial charge on any atom is 0.277 e. The van der Waals surface area contributed by atoms with Crippen molar-refractivity contribution in [3.05, 3.63) is 95.4 Å². The number of hydrogen-bond acceptors (Lipinski definition) is 6. The van der Waals surface area contributed by atoms with Gasteiger partial charge in [0, 0.05) is 39.5 Å². The number of halogens is 1. The second kappa shape index (κ2) is 8.38. The molecule has 5 aromatic rings. The van der Waals surface area contributed by atoms with Crippen LogP contribution in [0.25, 0.3) is 22.4 Å². The number of rotatable bonds is 5. The van der Waals surface area contributed by atoms with Crippen LogP contribution < -0.4 is 4.74 Å². The summed E-state index contributed by atoms with van der Waals surface area (Å²) >= 11 is 1.34. The van der Waals surface area contributed by atoms with E-state index in [0.29, 0.717) is 33.7 Å². The van der Waals surface area contributed by atoms with Gasteiger partial charge in [0.05, 0.1) is 12.2 Å². The van der Waals surface area contributed by atoms with Crippen LogP contribution in [0.15, 0.2) is 82.6 Å². The van der Waals surface area contributed by atoms with Crippen molar-refractivity contribution >= 4 is 22.7 Å². The predicted molar refractivity (Wildman–Crippen MR) is 122 cm³/mol. The largest absolute Gasteiger partial charge is 0.460 e. The molecule has 8 heteroatoms. The Morgan fingerprint density at radius 2 is 1.88 bits per heavy atom. The van der Waals surface area contributed by atoms with Crippen molar-refractivity contribution in [3.8, 4) is 17.2 Å². The fourth-order valence-corrected chi connectivity index (χ4v) is 4.65. The van der Waals surface area contributed by atoms with Gasteiger partial charge in [0.1, 0.15) is 11.6 Å². The van der Waals surface area contributed by atoms with E-state index < -0.39 is 6.29 Å². The van der Waals surface area contributed by atoms with Crippen LogP contribution in [0.5, 0.6) is 5.75 Å². The second-order valence-electron chi connectivity index (χ2n) is 7.63. The Balaban J connectivity index is 1.23. The lowest BCUT2D eigenvalue weighted by atomic mass is 10.1. The minimum atomic E-state index is -0.537. The molecule has 33 heavy (non-hydrogen) atoms. The van der Waals surface area contributed by atoms with Gasteiger partial charge in [-0.1, -0.05) is 60.3 Å². The maximum absolute atomic E-state index is 14.3. The van der Waals surface area contributed by atoms with E-state index in [1.165, 1.54) is 23.9 Å². The van der Waals surface area contributed by atoms with E-state index in [2.05, 4.69) is 15.2 Å². The lowest BCUT2D eigenvalue weighted by Crippen LogP contribution is -2.19. The summed E-state index contributed by atoms with van der Waals surface area (Å²) in [5.41, 5.74) is 4.15. The maximum atomic E-state index is 14.3. The molecule has 2 aromatic heterocycles. The van der Waals surface area contributed by atoms with Crippen LogP contribution in [0.3, 0.4) is 0 Å². The highest BCUT2D eigenvalue weighted by Gasteiger charge is 2.25. The van der Waals surface area contributed by atoms with Gasteiger partial charge < -0.3 is 18.9 Å². The van der Waals surface area contributed by atoms with Gasteiger partial charge in [-0.3, -0.25) is 0 Å². The third-order valence-corrected chi connectivity index (χ3v) is 6.34. The number of ether oxygens (including phenoxy) is 2. The predicted octanol–water partition coefficient (Wildman–Crippen LogP) is 6.26. The number of benzene rings is 3. The second-order valence-corrected chi connectivity index (χ2v) is 8.56. The molecule has 164 valence electrons. The van der Waals surface area contributed by atoms with Crippen LogP contribution in [0.4, 0.5) is 4.39 Å². The Bertz CT molecular complexity index is 1430. The molecule has 0 aliphatic carbocycles. The van der Waals surface area contributed by atoms with E-state index in [1.807, 2.05) is 60.8 Å². The van der Waals surface area contributed by atoms with Crippen LogP contribution in [0.1, 0.15) is 23.0 Å². The molecule has 6 rings (SSSR count). The van der Waals surface area contributed by atoms with E-state index >= 15 is 0 Å². The molecule has 0 saturated carbocycles. The van der Waals surface area contributed by atoms with Gasteiger partial charge in [0.25, 0.3) is 11.1 Å². The van der Waals surface area contributed by atoms with E-state index in [0.717, 1.165) is 22.0 Å². The zero-order chi connectivity index (χ0) is 22.2. The highest BCUT2D eigenvalue weighted by atomic mass is 32.2. The standard InChI is InChI=1S/C25H18FN3O3S/c26-18-10-16-13-30-24(15-6-2-1-3-7-15)31-22(16)17(11-18)14-33-25-29-28-23(32-25)20-12-27-21-9-5-4-8-19(20)21/h1-12,24,27H,13-14H2/t24-/m1/s1. The zero-order valence-corrected chi connectivity index (χ0v) is 18.1. The molecule has 1 aliphatic rings. The minimum Gasteiger partial charge on any atom is -0.460 e. The molecule has 3 heterocycles. The Labute approximate surface area is 192 Å². The van der Waals surface area contributed by atoms with Gasteiger partial charge in [-0.15, -0.1) is 10.2 Å². The third kappa shape index (κ3) is 3.88. The SMILES string of the molecule is Fc1cc2c(c(CSc3nnc(-c4c[nH]c5ccccc45)o3)c1)O[C@H](c1ccccc1)OC2. The van der Waals surface area contributed by atoms with Crippen molar-refractivity contribution in [2.24, 2.45) is 0 Å². The first-order valence-corrected chi connectivity index (χ1v) is 11.4. The van der Waals surface area contributed by atoms with E-state index in [-0.39, 0.29) is 12.4 Å². The highest BCUT2D eigenvalue weighted by molar-refractivity contribution is 7.98. The first-order chi connectivity index (χ1) is 16.2. The molecular formula is C25H18FN3O3S. The topological polar surface area (TPSA) is 73.2 Å². The van der Waals surface area contributed by atoms with Gasteiger partial charge in [-0.2, -0.15) is 0 Å². The average Bonchev–Trinajstić information content (AvgIpc) is 3.50. The third-order valence-electron chi connectivity index (χ3n) is 5.47. The summed E-state index contributed by atoms with van der Waals surface area (Å²) in [4.78, 5) is 3.21. The number of thioether (sulfide) groups is 1. The first-order valence-electron chi connectivity index (χ1n) is 10.4. The molecule has 1 aliphatic heterocycles. The number of nitrogens with zero attached hydrogens (tertiary/aromatic N) is 2. The van der Waals surface area contributed by atoms with Crippen LogP contribution in [-0.2, 0) is 17.1 Å². The fourth-order valence-electron chi connectivity index (χ4n) is 3.92. The Kier molecular flexibility index (Phi) is 5.09. The van der Waals surface area contributed by atoms with Crippen LogP contribution >= 0.6 is 11.8 Å². The van der Waals surface area contributed by atoms with Crippen LogP contribution in [-0.4, -0.2) is 15.2 Å².